The summed E-state index contributed by atoms with van der Waals surface area (Å²) in [6.45, 7) is 8.31. The average molecular weight is 470 g/mol. The van der Waals surface area contributed by atoms with Crippen LogP contribution in [0, 0.1) is 0 Å². The third-order valence-corrected chi connectivity index (χ3v) is 6.08. The molecule has 0 bridgehead atoms. The Morgan fingerprint density at radius 1 is 1.09 bits per heavy atom. The molecule has 1 saturated heterocycles. The van der Waals surface area contributed by atoms with Gasteiger partial charge in [0.05, 0.1) is 18.4 Å². The minimum absolute atomic E-state index is 0.0690. The molecule has 8 nitrogen and oxygen atoms in total. The standard InChI is InChI=1S/C24H28ClN5O3/c1-4-33-24(32)21(17-5-7-20(25)8-6-17)28-9-11-29(12-10-28)23(31)19-13-18-15-27-30(16(2)3)22(18)26-14-19/h5-8,13-16,21H,4,9-12H2,1-3H3. The van der Waals surface area contributed by atoms with Crippen molar-refractivity contribution >= 4 is 34.5 Å². The molecule has 0 aliphatic carbocycles. The number of carbonyl (C=O) groups excluding carboxylic acids is 2. The number of hydrogen-bond donors (Lipinski definition) is 0. The summed E-state index contributed by atoms with van der Waals surface area (Å²) in [4.78, 5) is 34.2. The number of esters is 1. The van der Waals surface area contributed by atoms with Gasteiger partial charge in [0.1, 0.15) is 6.04 Å². The summed E-state index contributed by atoms with van der Waals surface area (Å²) in [5.41, 5.74) is 2.14. The molecule has 33 heavy (non-hydrogen) atoms. The second-order valence-corrected chi connectivity index (χ2v) is 8.79. The van der Waals surface area contributed by atoms with E-state index in [9.17, 15) is 9.59 Å². The predicted octanol–water partition coefficient (Wildman–Crippen LogP) is 3.73. The minimum atomic E-state index is -0.528. The molecule has 3 aromatic rings. The SMILES string of the molecule is CCOC(=O)C(c1ccc(Cl)cc1)N1CCN(C(=O)c2cnc3c(cnn3C(C)C)c2)CC1. The monoisotopic (exact) mass is 469 g/mol. The van der Waals surface area contributed by atoms with Gasteiger partial charge in [0.2, 0.25) is 0 Å². The van der Waals surface area contributed by atoms with Gasteiger partial charge in [-0.05, 0) is 44.5 Å². The molecule has 174 valence electrons. The fraction of sp³-hybridized carbons (Fsp3) is 0.417. The molecule has 1 unspecified atom stereocenters. The topological polar surface area (TPSA) is 80.6 Å². The number of amides is 1. The molecule has 9 heteroatoms. The summed E-state index contributed by atoms with van der Waals surface area (Å²) in [5.74, 6) is -0.364. The molecule has 1 atom stereocenters. The molecule has 0 saturated carbocycles. The van der Waals surface area contributed by atoms with E-state index in [1.54, 1.807) is 36.4 Å². The lowest BCUT2D eigenvalue weighted by Gasteiger charge is -2.38. The lowest BCUT2D eigenvalue weighted by molar-refractivity contribution is -0.150. The molecular weight excluding hydrogens is 442 g/mol. The Bertz CT molecular complexity index is 1140. The van der Waals surface area contributed by atoms with Crippen LogP contribution in [0.2, 0.25) is 5.02 Å². The number of aromatic nitrogens is 3. The molecule has 0 spiro atoms. The van der Waals surface area contributed by atoms with E-state index in [1.165, 1.54) is 0 Å². The number of ether oxygens (including phenoxy) is 1. The second-order valence-electron chi connectivity index (χ2n) is 8.35. The molecule has 1 amide bonds. The minimum Gasteiger partial charge on any atom is -0.465 e. The molecule has 0 radical (unpaired) electrons. The Morgan fingerprint density at radius 2 is 1.79 bits per heavy atom. The number of rotatable bonds is 6. The Labute approximate surface area is 198 Å². The number of piperazine rings is 1. The summed E-state index contributed by atoms with van der Waals surface area (Å²) >= 11 is 6.02. The van der Waals surface area contributed by atoms with Gasteiger partial charge in [-0.15, -0.1) is 0 Å². The van der Waals surface area contributed by atoms with Crippen molar-refractivity contribution < 1.29 is 14.3 Å². The van der Waals surface area contributed by atoms with Crippen LogP contribution in [0.1, 0.15) is 48.8 Å². The van der Waals surface area contributed by atoms with Crippen LogP contribution in [0.5, 0.6) is 0 Å². The Kier molecular flexibility index (Phi) is 6.95. The van der Waals surface area contributed by atoms with Crippen LogP contribution in [0.3, 0.4) is 0 Å². The number of nitrogens with zero attached hydrogens (tertiary/aromatic N) is 5. The van der Waals surface area contributed by atoms with Gasteiger partial charge in [0.15, 0.2) is 5.65 Å². The molecule has 1 aromatic carbocycles. The Morgan fingerprint density at radius 3 is 2.42 bits per heavy atom. The molecule has 1 aliphatic heterocycles. The van der Waals surface area contributed by atoms with Crippen molar-refractivity contribution in [1.82, 2.24) is 24.6 Å². The van der Waals surface area contributed by atoms with Crippen molar-refractivity contribution in [3.05, 3.63) is 58.9 Å². The van der Waals surface area contributed by atoms with Crippen LogP contribution in [-0.4, -0.2) is 69.2 Å². The first-order valence-corrected chi connectivity index (χ1v) is 11.6. The zero-order valence-electron chi connectivity index (χ0n) is 19.1. The van der Waals surface area contributed by atoms with E-state index >= 15 is 0 Å². The van der Waals surface area contributed by atoms with Crippen molar-refractivity contribution in [2.45, 2.75) is 32.9 Å². The van der Waals surface area contributed by atoms with E-state index < -0.39 is 6.04 Å². The van der Waals surface area contributed by atoms with Crippen LogP contribution in [0.4, 0.5) is 0 Å². The van der Waals surface area contributed by atoms with Crippen LogP contribution < -0.4 is 0 Å². The van der Waals surface area contributed by atoms with Crippen LogP contribution in [-0.2, 0) is 9.53 Å². The zero-order valence-corrected chi connectivity index (χ0v) is 19.8. The smallest absolute Gasteiger partial charge is 0.328 e. The van der Waals surface area contributed by atoms with Gasteiger partial charge >= 0.3 is 5.97 Å². The number of halogens is 1. The van der Waals surface area contributed by atoms with Crippen LogP contribution in [0.15, 0.2) is 42.7 Å². The maximum atomic E-state index is 13.1. The van der Waals surface area contributed by atoms with Gasteiger partial charge in [-0.2, -0.15) is 5.10 Å². The van der Waals surface area contributed by atoms with E-state index in [2.05, 4.69) is 15.0 Å². The van der Waals surface area contributed by atoms with Gasteiger partial charge in [-0.1, -0.05) is 23.7 Å². The molecule has 1 aliphatic rings. The fourth-order valence-corrected chi connectivity index (χ4v) is 4.29. The fourth-order valence-electron chi connectivity index (χ4n) is 4.16. The van der Waals surface area contributed by atoms with Gasteiger partial charge in [0, 0.05) is 48.8 Å². The van der Waals surface area contributed by atoms with Gasteiger partial charge in [0.25, 0.3) is 5.91 Å². The summed E-state index contributed by atoms with van der Waals surface area (Å²) in [6.07, 6.45) is 3.36. The normalized spacial score (nSPS) is 15.7. The number of fused-ring (bicyclic) bond motifs is 1. The maximum absolute atomic E-state index is 13.1. The van der Waals surface area contributed by atoms with Gasteiger partial charge in [-0.25, -0.2) is 14.5 Å². The molecule has 1 fully saturated rings. The van der Waals surface area contributed by atoms with Crippen LogP contribution in [0.25, 0.3) is 11.0 Å². The molecule has 4 rings (SSSR count). The highest BCUT2D eigenvalue weighted by Gasteiger charge is 2.33. The molecule has 0 N–H and O–H groups in total. The van der Waals surface area contributed by atoms with E-state index in [-0.39, 0.29) is 17.9 Å². The van der Waals surface area contributed by atoms with E-state index in [0.29, 0.717) is 43.4 Å². The highest BCUT2D eigenvalue weighted by Crippen LogP contribution is 2.26. The number of hydrogen-bond acceptors (Lipinski definition) is 6. The predicted molar refractivity (Wildman–Crippen MR) is 126 cm³/mol. The van der Waals surface area contributed by atoms with Crippen molar-refractivity contribution in [1.29, 1.82) is 0 Å². The Hall–Kier alpha value is -2.97. The maximum Gasteiger partial charge on any atom is 0.328 e. The largest absolute Gasteiger partial charge is 0.465 e. The van der Waals surface area contributed by atoms with E-state index in [4.69, 9.17) is 16.3 Å². The van der Waals surface area contributed by atoms with E-state index in [0.717, 1.165) is 16.6 Å². The first-order chi connectivity index (χ1) is 15.9. The summed E-state index contributed by atoms with van der Waals surface area (Å²) in [7, 11) is 0. The lowest BCUT2D eigenvalue weighted by Crippen LogP contribution is -2.51. The zero-order chi connectivity index (χ0) is 23.5. The number of carbonyl (C=O) groups is 2. The third-order valence-electron chi connectivity index (χ3n) is 5.83. The van der Waals surface area contributed by atoms with Crippen molar-refractivity contribution in [2.75, 3.05) is 32.8 Å². The van der Waals surface area contributed by atoms with E-state index in [1.807, 2.05) is 36.7 Å². The highest BCUT2D eigenvalue weighted by molar-refractivity contribution is 6.30. The second kappa shape index (κ2) is 9.89. The Balaban J connectivity index is 1.47. The number of pyridine rings is 1. The quantitative estimate of drug-likeness (QED) is 0.512. The van der Waals surface area contributed by atoms with Crippen molar-refractivity contribution in [3.8, 4) is 0 Å². The molecular formula is C24H28ClN5O3. The van der Waals surface area contributed by atoms with Gasteiger partial charge in [-0.3, -0.25) is 9.69 Å². The first-order valence-electron chi connectivity index (χ1n) is 11.2. The average Bonchev–Trinajstić information content (AvgIpc) is 3.24. The van der Waals surface area contributed by atoms with Crippen molar-refractivity contribution in [3.63, 3.8) is 0 Å². The lowest BCUT2D eigenvalue weighted by atomic mass is 10.0. The van der Waals surface area contributed by atoms with Crippen molar-refractivity contribution in [2.24, 2.45) is 0 Å². The molecule has 2 aromatic heterocycles. The number of benzene rings is 1. The van der Waals surface area contributed by atoms with Gasteiger partial charge < -0.3 is 9.64 Å². The summed E-state index contributed by atoms with van der Waals surface area (Å²) < 4.78 is 7.18. The molecule has 3 heterocycles. The summed E-state index contributed by atoms with van der Waals surface area (Å²) in [6, 6.07) is 8.75. The third kappa shape index (κ3) is 4.86. The van der Waals surface area contributed by atoms with Crippen LogP contribution >= 0.6 is 11.6 Å². The highest BCUT2D eigenvalue weighted by atomic mass is 35.5. The first kappa shape index (κ1) is 23.2. The summed E-state index contributed by atoms with van der Waals surface area (Å²) in [5, 5.41) is 5.83.